The van der Waals surface area contributed by atoms with Gasteiger partial charge in [-0.3, -0.25) is 4.79 Å². The van der Waals surface area contributed by atoms with E-state index in [4.69, 9.17) is 0 Å². The monoisotopic (exact) mass is 203 g/mol. The van der Waals surface area contributed by atoms with E-state index in [0.29, 0.717) is 12.0 Å². The predicted molar refractivity (Wildman–Crippen MR) is 56.3 cm³/mol. The normalized spacial score (nSPS) is 10.3. The summed E-state index contributed by atoms with van der Waals surface area (Å²) in [6, 6.07) is 8.63. The maximum absolute atomic E-state index is 13.4. The Labute approximate surface area is 86.8 Å². The van der Waals surface area contributed by atoms with Crippen LogP contribution < -0.4 is 0 Å². The third kappa shape index (κ3) is 1.81. The fourth-order valence-corrected chi connectivity index (χ4v) is 1.44. The van der Waals surface area contributed by atoms with Crippen molar-refractivity contribution < 1.29 is 9.18 Å². The molecule has 0 aliphatic carbocycles. The van der Waals surface area contributed by atoms with Gasteiger partial charge in [0.05, 0.1) is 11.4 Å². The molecular formula is C12H10FNO. The van der Waals surface area contributed by atoms with Gasteiger partial charge in [-0.2, -0.15) is 0 Å². The zero-order valence-electron chi connectivity index (χ0n) is 8.25. The zero-order chi connectivity index (χ0) is 10.8. The largest absolute Gasteiger partial charge is 0.350 e. The molecule has 2 aromatic rings. The molecular weight excluding hydrogens is 193 g/mol. The van der Waals surface area contributed by atoms with Crippen molar-refractivity contribution in [3.8, 4) is 11.3 Å². The SMILES string of the molecule is Cc1ccc(-c2[nH]c(C=O)cc2F)cc1. The number of H-pyrrole nitrogens is 1. The van der Waals surface area contributed by atoms with Crippen LogP contribution in [0.2, 0.25) is 0 Å². The average Bonchev–Trinajstić information content (AvgIpc) is 2.61. The number of rotatable bonds is 2. The molecule has 0 fully saturated rings. The van der Waals surface area contributed by atoms with Crippen molar-refractivity contribution in [1.29, 1.82) is 0 Å². The molecule has 0 bridgehead atoms. The highest BCUT2D eigenvalue weighted by Gasteiger charge is 2.08. The number of aldehydes is 1. The Kier molecular flexibility index (Phi) is 2.37. The second kappa shape index (κ2) is 3.69. The minimum absolute atomic E-state index is 0.253. The molecule has 0 atom stereocenters. The van der Waals surface area contributed by atoms with Gasteiger partial charge in [-0.25, -0.2) is 4.39 Å². The van der Waals surface area contributed by atoms with E-state index in [1.54, 1.807) is 0 Å². The number of aryl methyl sites for hydroxylation is 1. The van der Waals surface area contributed by atoms with Crippen molar-refractivity contribution >= 4 is 6.29 Å². The van der Waals surface area contributed by atoms with Crippen molar-refractivity contribution in [1.82, 2.24) is 4.98 Å². The summed E-state index contributed by atoms with van der Waals surface area (Å²) in [6.45, 7) is 1.96. The van der Waals surface area contributed by atoms with E-state index in [2.05, 4.69) is 4.98 Å². The third-order valence-electron chi connectivity index (χ3n) is 2.26. The molecule has 1 aromatic carbocycles. The van der Waals surface area contributed by atoms with Crippen LogP contribution in [0.25, 0.3) is 11.3 Å². The first-order chi connectivity index (χ1) is 7.20. The molecule has 15 heavy (non-hydrogen) atoms. The van der Waals surface area contributed by atoms with Gasteiger partial charge in [0.15, 0.2) is 6.29 Å². The molecule has 0 radical (unpaired) electrons. The van der Waals surface area contributed by atoms with Gasteiger partial charge in [0, 0.05) is 11.6 Å². The first-order valence-corrected chi connectivity index (χ1v) is 4.61. The van der Waals surface area contributed by atoms with Crippen molar-refractivity contribution in [2.24, 2.45) is 0 Å². The summed E-state index contributed by atoms with van der Waals surface area (Å²) in [7, 11) is 0. The minimum atomic E-state index is -0.402. The molecule has 0 spiro atoms. The number of aromatic nitrogens is 1. The quantitative estimate of drug-likeness (QED) is 0.748. The Balaban J connectivity index is 2.48. The van der Waals surface area contributed by atoms with Crippen molar-refractivity contribution in [2.75, 3.05) is 0 Å². The molecule has 1 aromatic heterocycles. The van der Waals surface area contributed by atoms with Crippen LogP contribution in [0, 0.1) is 12.7 Å². The topological polar surface area (TPSA) is 32.9 Å². The van der Waals surface area contributed by atoms with E-state index in [9.17, 15) is 9.18 Å². The lowest BCUT2D eigenvalue weighted by Crippen LogP contribution is -1.82. The zero-order valence-corrected chi connectivity index (χ0v) is 8.25. The van der Waals surface area contributed by atoms with Crippen LogP contribution in [-0.2, 0) is 0 Å². The number of carbonyl (C=O) groups excluding carboxylic acids is 1. The summed E-state index contributed by atoms with van der Waals surface area (Å²) < 4.78 is 13.4. The second-order valence-corrected chi connectivity index (χ2v) is 3.43. The fraction of sp³-hybridized carbons (Fsp3) is 0.0833. The second-order valence-electron chi connectivity index (χ2n) is 3.43. The van der Waals surface area contributed by atoms with E-state index in [1.807, 2.05) is 31.2 Å². The predicted octanol–water partition coefficient (Wildman–Crippen LogP) is 2.94. The van der Waals surface area contributed by atoms with Crippen LogP contribution in [0.5, 0.6) is 0 Å². The summed E-state index contributed by atoms with van der Waals surface area (Å²) in [6.07, 6.45) is 0.598. The van der Waals surface area contributed by atoms with Crippen molar-refractivity contribution in [2.45, 2.75) is 6.92 Å². The van der Waals surface area contributed by atoms with Crippen LogP contribution in [0.15, 0.2) is 30.3 Å². The van der Waals surface area contributed by atoms with E-state index >= 15 is 0 Å². The highest BCUT2D eigenvalue weighted by Crippen LogP contribution is 2.22. The number of nitrogens with one attached hydrogen (secondary N) is 1. The lowest BCUT2D eigenvalue weighted by atomic mass is 10.1. The Morgan fingerprint density at radius 1 is 1.27 bits per heavy atom. The Bertz CT molecular complexity index is 485. The standard InChI is InChI=1S/C12H10FNO/c1-8-2-4-9(5-3-8)12-11(13)6-10(7-15)14-12/h2-7,14H,1H3. The molecule has 0 aliphatic rings. The molecule has 0 saturated carbocycles. The molecule has 0 saturated heterocycles. The Morgan fingerprint density at radius 3 is 2.47 bits per heavy atom. The summed E-state index contributed by atoms with van der Waals surface area (Å²) in [4.78, 5) is 13.2. The molecule has 2 nitrogen and oxygen atoms in total. The van der Waals surface area contributed by atoms with Gasteiger partial charge in [0.1, 0.15) is 5.82 Å². The number of aromatic amines is 1. The maximum Gasteiger partial charge on any atom is 0.166 e. The molecule has 3 heteroatoms. The van der Waals surface area contributed by atoms with Crippen LogP contribution in [-0.4, -0.2) is 11.3 Å². The number of hydrogen-bond donors (Lipinski definition) is 1. The first kappa shape index (κ1) is 9.65. The molecule has 0 aliphatic heterocycles. The summed E-state index contributed by atoms with van der Waals surface area (Å²) >= 11 is 0. The lowest BCUT2D eigenvalue weighted by Gasteiger charge is -1.99. The van der Waals surface area contributed by atoms with Gasteiger partial charge in [-0.05, 0) is 6.92 Å². The molecule has 1 heterocycles. The molecule has 2 rings (SSSR count). The van der Waals surface area contributed by atoms with Gasteiger partial charge in [-0.15, -0.1) is 0 Å². The lowest BCUT2D eigenvalue weighted by molar-refractivity contribution is 0.111. The highest BCUT2D eigenvalue weighted by atomic mass is 19.1. The van der Waals surface area contributed by atoms with Crippen molar-refractivity contribution in [3.63, 3.8) is 0 Å². The minimum Gasteiger partial charge on any atom is -0.350 e. The van der Waals surface area contributed by atoms with E-state index < -0.39 is 5.82 Å². The fourth-order valence-electron chi connectivity index (χ4n) is 1.44. The summed E-state index contributed by atoms with van der Waals surface area (Å²) in [5.41, 5.74) is 2.47. The van der Waals surface area contributed by atoms with Crippen molar-refractivity contribution in [3.05, 3.63) is 47.4 Å². The Morgan fingerprint density at radius 2 is 1.93 bits per heavy atom. The smallest absolute Gasteiger partial charge is 0.166 e. The van der Waals surface area contributed by atoms with Gasteiger partial charge >= 0.3 is 0 Å². The van der Waals surface area contributed by atoms with Crippen LogP contribution >= 0.6 is 0 Å². The maximum atomic E-state index is 13.4. The van der Waals surface area contributed by atoms with E-state index in [-0.39, 0.29) is 5.69 Å². The molecule has 1 N–H and O–H groups in total. The number of benzene rings is 1. The number of carbonyl (C=O) groups is 1. The van der Waals surface area contributed by atoms with Gasteiger partial charge in [0.2, 0.25) is 0 Å². The van der Waals surface area contributed by atoms with Crippen LogP contribution in [0.3, 0.4) is 0 Å². The van der Waals surface area contributed by atoms with Crippen LogP contribution in [0.1, 0.15) is 16.1 Å². The number of hydrogen-bond acceptors (Lipinski definition) is 1. The molecule has 0 unspecified atom stereocenters. The molecule has 76 valence electrons. The van der Waals surface area contributed by atoms with Gasteiger partial charge in [-0.1, -0.05) is 29.8 Å². The number of halogens is 1. The Hall–Kier alpha value is -1.90. The summed E-state index contributed by atoms with van der Waals surface area (Å²) in [5, 5.41) is 0. The third-order valence-corrected chi connectivity index (χ3v) is 2.26. The van der Waals surface area contributed by atoms with E-state index in [0.717, 1.165) is 11.1 Å². The first-order valence-electron chi connectivity index (χ1n) is 4.61. The highest BCUT2D eigenvalue weighted by molar-refractivity contribution is 5.75. The van der Waals surface area contributed by atoms with Gasteiger partial charge in [0.25, 0.3) is 0 Å². The van der Waals surface area contributed by atoms with E-state index in [1.165, 1.54) is 6.07 Å². The average molecular weight is 203 g/mol. The molecule has 0 amide bonds. The summed E-state index contributed by atoms with van der Waals surface area (Å²) in [5.74, 6) is -0.402. The van der Waals surface area contributed by atoms with Crippen LogP contribution in [0.4, 0.5) is 4.39 Å². The van der Waals surface area contributed by atoms with Gasteiger partial charge < -0.3 is 4.98 Å².